The van der Waals surface area contributed by atoms with E-state index >= 15 is 0 Å². The van der Waals surface area contributed by atoms with Crippen LogP contribution in [0.15, 0.2) is 42.6 Å². The Balaban J connectivity index is 1.64. The third-order valence-corrected chi connectivity index (χ3v) is 4.70. The predicted octanol–water partition coefficient (Wildman–Crippen LogP) is 3.56. The lowest BCUT2D eigenvalue weighted by molar-refractivity contribution is -0.130. The van der Waals surface area contributed by atoms with E-state index in [2.05, 4.69) is 17.1 Å². The Kier molecular flexibility index (Phi) is 5.14. The molecule has 126 valence electrons. The molecule has 0 bridgehead atoms. The van der Waals surface area contributed by atoms with E-state index in [9.17, 15) is 4.79 Å². The van der Waals surface area contributed by atoms with Crippen molar-refractivity contribution in [3.05, 3.63) is 48.2 Å². The maximum Gasteiger partial charge on any atom is 0.219 e. The third-order valence-electron chi connectivity index (χ3n) is 4.70. The Morgan fingerprint density at radius 2 is 2.04 bits per heavy atom. The van der Waals surface area contributed by atoms with Crippen LogP contribution in [0.4, 0.5) is 0 Å². The maximum absolute atomic E-state index is 11.5. The molecule has 1 aromatic carbocycles. The number of benzene rings is 1. The molecule has 0 radical (unpaired) electrons. The van der Waals surface area contributed by atoms with Crippen LogP contribution < -0.4 is 4.74 Å². The first-order valence-electron chi connectivity index (χ1n) is 8.50. The van der Waals surface area contributed by atoms with E-state index in [0.29, 0.717) is 5.92 Å². The minimum Gasteiger partial charge on any atom is -0.497 e. The van der Waals surface area contributed by atoms with Crippen LogP contribution in [0.1, 0.15) is 25.3 Å². The zero-order valence-corrected chi connectivity index (χ0v) is 14.4. The van der Waals surface area contributed by atoms with Crippen LogP contribution in [0, 0.1) is 5.92 Å². The van der Waals surface area contributed by atoms with E-state index < -0.39 is 0 Å². The van der Waals surface area contributed by atoms with Crippen molar-refractivity contribution in [3.63, 3.8) is 0 Å². The van der Waals surface area contributed by atoms with Gasteiger partial charge < -0.3 is 9.64 Å². The highest BCUT2D eigenvalue weighted by Gasteiger charge is 2.21. The molecule has 2 aromatic rings. The number of hydrogen-bond donors (Lipinski definition) is 0. The number of carbonyl (C=O) groups is 1. The Labute approximate surface area is 143 Å². The summed E-state index contributed by atoms with van der Waals surface area (Å²) >= 11 is 0. The number of likely N-dealkylation sites (tertiary alicyclic amines) is 1. The number of ether oxygens (including phenoxy) is 1. The van der Waals surface area contributed by atoms with E-state index in [1.165, 1.54) is 12.0 Å². The molecule has 1 fully saturated rings. The highest BCUT2D eigenvalue weighted by Crippen LogP contribution is 2.23. The van der Waals surface area contributed by atoms with Gasteiger partial charge in [0.2, 0.25) is 5.91 Å². The molecule has 0 saturated carbocycles. The first-order chi connectivity index (χ1) is 11.7. The van der Waals surface area contributed by atoms with Gasteiger partial charge in [0.15, 0.2) is 0 Å². The summed E-state index contributed by atoms with van der Waals surface area (Å²) in [6.07, 6.45) is 5.23. The van der Waals surface area contributed by atoms with Crippen LogP contribution in [0.3, 0.4) is 0 Å². The van der Waals surface area contributed by atoms with Gasteiger partial charge in [-0.3, -0.25) is 9.78 Å². The molecule has 1 aromatic heterocycles. The molecule has 1 aliphatic heterocycles. The molecule has 4 nitrogen and oxygen atoms in total. The molecule has 2 heterocycles. The maximum atomic E-state index is 11.5. The van der Waals surface area contributed by atoms with E-state index in [4.69, 9.17) is 4.74 Å². The highest BCUT2D eigenvalue weighted by atomic mass is 16.5. The van der Waals surface area contributed by atoms with Crippen molar-refractivity contribution in [1.82, 2.24) is 9.88 Å². The number of pyridine rings is 1. The second-order valence-electron chi connectivity index (χ2n) is 6.46. The first kappa shape index (κ1) is 16.5. The summed E-state index contributed by atoms with van der Waals surface area (Å²) in [6, 6.07) is 12.2. The predicted molar refractivity (Wildman–Crippen MR) is 94.9 cm³/mol. The van der Waals surface area contributed by atoms with Crippen molar-refractivity contribution in [2.24, 2.45) is 5.92 Å². The number of methoxy groups -OCH3 is 1. The summed E-state index contributed by atoms with van der Waals surface area (Å²) in [4.78, 5) is 18.1. The Morgan fingerprint density at radius 3 is 2.67 bits per heavy atom. The Bertz CT molecular complexity index is 680. The van der Waals surface area contributed by atoms with Crippen molar-refractivity contribution >= 4 is 5.91 Å². The van der Waals surface area contributed by atoms with E-state index in [1.807, 2.05) is 35.4 Å². The Hall–Kier alpha value is -2.36. The quantitative estimate of drug-likeness (QED) is 0.863. The first-order valence-corrected chi connectivity index (χ1v) is 8.50. The topological polar surface area (TPSA) is 42.4 Å². The lowest BCUT2D eigenvalue weighted by Crippen LogP contribution is -2.39. The van der Waals surface area contributed by atoms with Crippen molar-refractivity contribution in [1.29, 1.82) is 0 Å². The summed E-state index contributed by atoms with van der Waals surface area (Å²) in [5, 5.41) is 0. The third kappa shape index (κ3) is 3.94. The fourth-order valence-corrected chi connectivity index (χ4v) is 3.33. The second kappa shape index (κ2) is 7.47. The van der Waals surface area contributed by atoms with Gasteiger partial charge in [-0.2, -0.15) is 0 Å². The summed E-state index contributed by atoms with van der Waals surface area (Å²) in [5.74, 6) is 1.58. The lowest BCUT2D eigenvalue weighted by Gasteiger charge is -2.32. The number of hydrogen-bond acceptors (Lipinski definition) is 3. The molecule has 1 atom stereocenters. The number of piperidine rings is 1. The molecule has 24 heavy (non-hydrogen) atoms. The summed E-state index contributed by atoms with van der Waals surface area (Å²) < 4.78 is 5.19. The van der Waals surface area contributed by atoms with Crippen molar-refractivity contribution < 1.29 is 9.53 Å². The highest BCUT2D eigenvalue weighted by molar-refractivity contribution is 5.73. The van der Waals surface area contributed by atoms with Crippen LogP contribution in [0.2, 0.25) is 0 Å². The van der Waals surface area contributed by atoms with Crippen LogP contribution in [-0.2, 0) is 11.2 Å². The molecular formula is C20H24N2O2. The van der Waals surface area contributed by atoms with Gasteiger partial charge >= 0.3 is 0 Å². The van der Waals surface area contributed by atoms with Gasteiger partial charge in [-0.05, 0) is 61.1 Å². The van der Waals surface area contributed by atoms with Gasteiger partial charge in [0.1, 0.15) is 5.75 Å². The summed E-state index contributed by atoms with van der Waals surface area (Å²) in [5.41, 5.74) is 3.29. The van der Waals surface area contributed by atoms with Gasteiger partial charge in [-0.25, -0.2) is 0 Å². The van der Waals surface area contributed by atoms with Gasteiger partial charge in [0.25, 0.3) is 0 Å². The number of aromatic nitrogens is 1. The second-order valence-corrected chi connectivity index (χ2v) is 6.46. The van der Waals surface area contributed by atoms with E-state index in [0.717, 1.165) is 42.9 Å². The SMILES string of the molecule is COc1ccc(-c2ccc(CC3CCCN(C(C)=O)C3)cn2)cc1. The van der Waals surface area contributed by atoms with E-state index in [-0.39, 0.29) is 5.91 Å². The fraction of sp³-hybridized carbons (Fsp3) is 0.400. The van der Waals surface area contributed by atoms with Crippen LogP contribution >= 0.6 is 0 Å². The van der Waals surface area contributed by atoms with Crippen molar-refractivity contribution in [2.45, 2.75) is 26.2 Å². The average molecular weight is 324 g/mol. The lowest BCUT2D eigenvalue weighted by atomic mass is 9.91. The summed E-state index contributed by atoms with van der Waals surface area (Å²) in [7, 11) is 1.67. The molecule has 1 unspecified atom stereocenters. The number of amides is 1. The van der Waals surface area contributed by atoms with Crippen LogP contribution in [0.25, 0.3) is 11.3 Å². The average Bonchev–Trinajstić information content (AvgIpc) is 2.63. The minimum atomic E-state index is 0.188. The minimum absolute atomic E-state index is 0.188. The number of nitrogens with zero attached hydrogens (tertiary/aromatic N) is 2. The van der Waals surface area contributed by atoms with Crippen molar-refractivity contribution in [3.8, 4) is 17.0 Å². The zero-order chi connectivity index (χ0) is 16.9. The number of rotatable bonds is 4. The largest absolute Gasteiger partial charge is 0.497 e. The molecule has 0 aliphatic carbocycles. The molecule has 1 aliphatic rings. The fourth-order valence-electron chi connectivity index (χ4n) is 3.33. The summed E-state index contributed by atoms with van der Waals surface area (Å²) in [6.45, 7) is 3.43. The Morgan fingerprint density at radius 1 is 1.25 bits per heavy atom. The molecule has 1 saturated heterocycles. The standard InChI is InChI=1S/C20H24N2O2/c1-15(23)22-11-3-4-17(14-22)12-16-5-10-20(21-13-16)18-6-8-19(24-2)9-7-18/h5-10,13,17H,3-4,11-12,14H2,1-2H3. The smallest absolute Gasteiger partial charge is 0.219 e. The van der Waals surface area contributed by atoms with Gasteiger partial charge in [-0.1, -0.05) is 6.07 Å². The molecule has 0 N–H and O–H groups in total. The normalized spacial score (nSPS) is 17.6. The molecule has 3 rings (SSSR count). The molecule has 0 spiro atoms. The van der Waals surface area contributed by atoms with Crippen LogP contribution in [0.5, 0.6) is 5.75 Å². The van der Waals surface area contributed by atoms with E-state index in [1.54, 1.807) is 14.0 Å². The number of carbonyl (C=O) groups excluding carboxylic acids is 1. The van der Waals surface area contributed by atoms with Gasteiger partial charge in [0, 0.05) is 31.8 Å². The molecule has 4 heteroatoms. The van der Waals surface area contributed by atoms with Gasteiger partial charge in [0.05, 0.1) is 12.8 Å². The zero-order valence-electron chi connectivity index (χ0n) is 14.4. The van der Waals surface area contributed by atoms with Gasteiger partial charge in [-0.15, -0.1) is 0 Å². The van der Waals surface area contributed by atoms with Crippen LogP contribution in [-0.4, -0.2) is 36.0 Å². The monoisotopic (exact) mass is 324 g/mol. The molecule has 1 amide bonds. The van der Waals surface area contributed by atoms with Crippen molar-refractivity contribution in [2.75, 3.05) is 20.2 Å². The molecular weight excluding hydrogens is 300 g/mol.